The molecule has 0 atom stereocenters. The normalized spacial score (nSPS) is 13.3. The van der Waals surface area contributed by atoms with Crippen molar-refractivity contribution in [2.24, 2.45) is 0 Å². The number of ketones is 1. The molecule has 2 heterocycles. The van der Waals surface area contributed by atoms with Crippen molar-refractivity contribution in [3.63, 3.8) is 0 Å². The van der Waals surface area contributed by atoms with E-state index in [2.05, 4.69) is 16.0 Å². The highest BCUT2D eigenvalue weighted by atomic mass is 16.6. The van der Waals surface area contributed by atoms with Crippen LogP contribution in [0.3, 0.4) is 0 Å². The Bertz CT molecular complexity index is 907. The topological polar surface area (TPSA) is 101 Å². The van der Waals surface area contributed by atoms with Crippen LogP contribution in [-0.2, 0) is 24.4 Å². The molecule has 0 fully saturated rings. The van der Waals surface area contributed by atoms with E-state index < -0.39 is 11.9 Å². The predicted octanol–water partition coefficient (Wildman–Crippen LogP) is 2.53. The summed E-state index contributed by atoms with van der Waals surface area (Å²) < 4.78 is 7.18. The molecule has 0 aliphatic carbocycles. The van der Waals surface area contributed by atoms with Crippen molar-refractivity contribution in [1.82, 2.24) is 14.7 Å². The van der Waals surface area contributed by atoms with Gasteiger partial charge >= 0.3 is 12.3 Å². The first kappa shape index (κ1) is 18.5. The van der Waals surface area contributed by atoms with E-state index in [0.717, 1.165) is 28.6 Å². The van der Waals surface area contributed by atoms with Gasteiger partial charge in [-0.05, 0) is 31.9 Å². The van der Waals surface area contributed by atoms with Gasteiger partial charge in [0.2, 0.25) is 0 Å². The molecular weight excluding hydrogens is 346 g/mol. The summed E-state index contributed by atoms with van der Waals surface area (Å²) in [5.41, 5.74) is 12.6. The number of fused-ring (bicyclic) bond motifs is 1. The van der Waals surface area contributed by atoms with Crippen LogP contribution in [0.25, 0.3) is 5.53 Å². The summed E-state index contributed by atoms with van der Waals surface area (Å²) in [7, 11) is 0. The van der Waals surface area contributed by atoms with E-state index in [-0.39, 0.29) is 12.3 Å². The van der Waals surface area contributed by atoms with Crippen LogP contribution in [0, 0.1) is 13.8 Å². The van der Waals surface area contributed by atoms with Crippen LogP contribution in [0.1, 0.15) is 39.3 Å². The fourth-order valence-electron chi connectivity index (χ4n) is 3.25. The number of carbonyl (C=O) groups excluding carboxylic acids is 2. The maximum Gasteiger partial charge on any atom is 0.410 e. The zero-order chi connectivity index (χ0) is 19.4. The average Bonchev–Trinajstić information content (AvgIpc) is 2.91. The Balaban J connectivity index is 1.67. The Morgan fingerprint density at radius 3 is 2.67 bits per heavy atom. The molecule has 27 heavy (non-hydrogen) atoms. The number of aryl methyl sites for hydroxylation is 3. The van der Waals surface area contributed by atoms with E-state index >= 15 is 0 Å². The van der Waals surface area contributed by atoms with Gasteiger partial charge in [-0.15, -0.1) is 0 Å². The first-order valence-corrected chi connectivity index (χ1v) is 8.73. The number of Topliss-reactive ketones (excluding diaryl/α,β-unsaturated/α-hetero) is 1. The third-order valence-corrected chi connectivity index (χ3v) is 4.34. The molecule has 0 saturated heterocycles. The van der Waals surface area contributed by atoms with Gasteiger partial charge in [0.05, 0.1) is 12.2 Å². The summed E-state index contributed by atoms with van der Waals surface area (Å²) in [5, 5.41) is 4.22. The first-order valence-electron chi connectivity index (χ1n) is 8.73. The van der Waals surface area contributed by atoms with Gasteiger partial charge in [0, 0.05) is 13.1 Å². The summed E-state index contributed by atoms with van der Waals surface area (Å²) in [6, 6.07) is 7.68. The number of hydrogen-bond donors (Lipinski definition) is 0. The number of rotatable bonds is 4. The number of amides is 1. The Kier molecular flexibility index (Phi) is 5.47. The zero-order valence-electron chi connectivity index (χ0n) is 15.4. The van der Waals surface area contributed by atoms with Crippen molar-refractivity contribution in [1.29, 1.82) is 0 Å². The highest BCUT2D eigenvalue weighted by Gasteiger charge is 2.23. The molecule has 1 aromatic carbocycles. The Labute approximate surface area is 157 Å². The number of ether oxygens (including phenoxy) is 1. The monoisotopic (exact) mass is 367 g/mol. The molecule has 0 N–H and O–H groups in total. The van der Waals surface area contributed by atoms with Crippen molar-refractivity contribution in [3.8, 4) is 0 Å². The van der Waals surface area contributed by atoms with Gasteiger partial charge in [0.25, 0.3) is 5.78 Å². The van der Waals surface area contributed by atoms with E-state index in [9.17, 15) is 9.59 Å². The molecule has 1 aliphatic rings. The summed E-state index contributed by atoms with van der Waals surface area (Å²) in [6.45, 7) is 5.69. The van der Waals surface area contributed by atoms with Crippen molar-refractivity contribution in [3.05, 3.63) is 57.9 Å². The van der Waals surface area contributed by atoms with E-state index in [0.29, 0.717) is 26.1 Å². The summed E-state index contributed by atoms with van der Waals surface area (Å²) >= 11 is 0. The maximum absolute atomic E-state index is 12.5. The second-order valence-electron chi connectivity index (χ2n) is 6.68. The standard InChI is InChI=1S/C19H21N5O3/c1-13-6-14(2)8-15(7-13)12-27-19(26)23-4-3-5-24-16(11-23)9-17(22-24)18(25)10-21-20/h6-10H,3-5,11-12H2,1-2H3. The highest BCUT2D eigenvalue weighted by molar-refractivity contribution is 6.32. The molecule has 3 rings (SSSR count). The molecule has 0 unspecified atom stereocenters. The fraction of sp³-hybridized carbons (Fsp3) is 0.368. The zero-order valence-corrected chi connectivity index (χ0v) is 15.4. The Morgan fingerprint density at radius 1 is 1.22 bits per heavy atom. The lowest BCUT2D eigenvalue weighted by Gasteiger charge is -2.19. The lowest BCUT2D eigenvalue weighted by atomic mass is 10.1. The Hall–Kier alpha value is -3.25. The third kappa shape index (κ3) is 4.48. The third-order valence-electron chi connectivity index (χ3n) is 4.34. The first-order chi connectivity index (χ1) is 13.0. The SMILES string of the molecule is Cc1cc(C)cc(COC(=O)N2CCCn3nc(C(=O)C=[N+]=[N-])cc3C2)c1. The molecular formula is C19H21N5O3. The smallest absolute Gasteiger partial charge is 0.410 e. The van der Waals surface area contributed by atoms with Crippen LogP contribution < -0.4 is 0 Å². The number of benzene rings is 1. The van der Waals surface area contributed by atoms with Gasteiger partial charge in [0.1, 0.15) is 12.3 Å². The second-order valence-corrected chi connectivity index (χ2v) is 6.68. The largest absolute Gasteiger partial charge is 0.445 e. The molecule has 0 radical (unpaired) electrons. The van der Waals surface area contributed by atoms with E-state index in [1.165, 1.54) is 0 Å². The van der Waals surface area contributed by atoms with Crippen LogP contribution in [-0.4, -0.2) is 44.1 Å². The summed E-state index contributed by atoms with van der Waals surface area (Å²) in [4.78, 5) is 28.6. The number of nitrogens with zero attached hydrogens (tertiary/aromatic N) is 5. The predicted molar refractivity (Wildman–Crippen MR) is 97.4 cm³/mol. The average molecular weight is 367 g/mol. The van der Waals surface area contributed by atoms with Gasteiger partial charge in [0.15, 0.2) is 0 Å². The van der Waals surface area contributed by atoms with E-state index in [1.807, 2.05) is 26.0 Å². The van der Waals surface area contributed by atoms with Crippen molar-refractivity contribution in [2.75, 3.05) is 6.54 Å². The van der Waals surface area contributed by atoms with Gasteiger partial charge < -0.3 is 15.2 Å². The molecule has 1 amide bonds. The minimum atomic E-state index is -0.484. The molecule has 8 heteroatoms. The van der Waals surface area contributed by atoms with Gasteiger partial charge in [-0.2, -0.15) is 9.89 Å². The van der Waals surface area contributed by atoms with Crippen molar-refractivity contribution >= 4 is 18.1 Å². The van der Waals surface area contributed by atoms with Crippen molar-refractivity contribution < 1.29 is 19.1 Å². The highest BCUT2D eigenvalue weighted by Crippen LogP contribution is 2.16. The molecule has 1 aliphatic heterocycles. The lowest BCUT2D eigenvalue weighted by molar-refractivity contribution is 0.00229. The molecule has 0 saturated carbocycles. The number of aromatic nitrogens is 2. The van der Waals surface area contributed by atoms with Gasteiger partial charge in [-0.25, -0.2) is 4.79 Å². The van der Waals surface area contributed by atoms with Gasteiger partial charge in [-0.1, -0.05) is 29.3 Å². The van der Waals surface area contributed by atoms with Crippen LogP contribution >= 0.6 is 0 Å². The van der Waals surface area contributed by atoms with E-state index in [4.69, 9.17) is 10.3 Å². The maximum atomic E-state index is 12.5. The molecule has 1 aromatic heterocycles. The minimum absolute atomic E-state index is 0.188. The van der Waals surface area contributed by atoms with E-state index in [1.54, 1.807) is 15.6 Å². The van der Waals surface area contributed by atoms with Crippen LogP contribution in [0.15, 0.2) is 24.3 Å². The number of hydrogen-bond acceptors (Lipinski definition) is 4. The number of carbonyl (C=O) groups is 2. The molecule has 140 valence electrons. The molecule has 0 spiro atoms. The van der Waals surface area contributed by atoms with Crippen LogP contribution in [0.5, 0.6) is 0 Å². The van der Waals surface area contributed by atoms with Crippen LogP contribution in [0.2, 0.25) is 0 Å². The second kappa shape index (κ2) is 7.97. The molecule has 0 bridgehead atoms. The van der Waals surface area contributed by atoms with Gasteiger partial charge in [-0.3, -0.25) is 9.48 Å². The van der Waals surface area contributed by atoms with Crippen molar-refractivity contribution in [2.45, 2.75) is 40.0 Å². The summed E-state index contributed by atoms with van der Waals surface area (Å²) in [6.07, 6.45) is 1.11. The fourth-order valence-corrected chi connectivity index (χ4v) is 3.25. The molecule has 8 nitrogen and oxygen atoms in total. The quantitative estimate of drug-likeness (QED) is 0.359. The Morgan fingerprint density at radius 2 is 1.96 bits per heavy atom. The summed E-state index contributed by atoms with van der Waals surface area (Å²) in [5.74, 6) is -0.484. The molecule has 2 aromatic rings. The lowest BCUT2D eigenvalue weighted by Crippen LogP contribution is -2.31. The minimum Gasteiger partial charge on any atom is -0.445 e. The van der Waals surface area contributed by atoms with Crippen LogP contribution in [0.4, 0.5) is 4.79 Å².